The van der Waals surface area contributed by atoms with Crippen molar-refractivity contribution >= 4 is 23.5 Å². The molecule has 124 valence electrons. The molecule has 1 aromatic carbocycles. The monoisotopic (exact) mass is 318 g/mol. The summed E-state index contributed by atoms with van der Waals surface area (Å²) >= 11 is 0. The molecular formula is C17H22N2O4. The molecule has 1 aliphatic heterocycles. The van der Waals surface area contributed by atoms with Crippen molar-refractivity contribution in [2.24, 2.45) is 0 Å². The van der Waals surface area contributed by atoms with Crippen LogP contribution in [0.2, 0.25) is 0 Å². The van der Waals surface area contributed by atoms with Crippen molar-refractivity contribution in [3.8, 4) is 0 Å². The van der Waals surface area contributed by atoms with E-state index in [4.69, 9.17) is 5.11 Å². The zero-order valence-electron chi connectivity index (χ0n) is 13.2. The van der Waals surface area contributed by atoms with E-state index in [0.29, 0.717) is 25.1 Å². The first kappa shape index (κ1) is 17.0. The Balaban J connectivity index is 1.81. The second-order valence-electron chi connectivity index (χ2n) is 5.68. The van der Waals surface area contributed by atoms with Gasteiger partial charge in [0.05, 0.1) is 0 Å². The fourth-order valence-electron chi connectivity index (χ4n) is 2.73. The van der Waals surface area contributed by atoms with Crippen molar-refractivity contribution < 1.29 is 19.5 Å². The van der Waals surface area contributed by atoms with E-state index in [1.165, 1.54) is 10.5 Å². The lowest BCUT2D eigenvalue weighted by molar-refractivity contribution is -0.148. The Kier molecular flexibility index (Phi) is 5.73. The maximum atomic E-state index is 12.1. The molecule has 6 heteroatoms. The van der Waals surface area contributed by atoms with Gasteiger partial charge in [-0.2, -0.15) is 0 Å². The lowest BCUT2D eigenvalue weighted by Crippen LogP contribution is -2.40. The summed E-state index contributed by atoms with van der Waals surface area (Å²) in [5.41, 5.74) is 1.89. The maximum absolute atomic E-state index is 12.1. The number of carbonyl (C=O) groups is 3. The lowest BCUT2D eigenvalue weighted by atomic mass is 10.1. The van der Waals surface area contributed by atoms with Crippen LogP contribution in [-0.2, 0) is 20.8 Å². The van der Waals surface area contributed by atoms with Gasteiger partial charge in [0.1, 0.15) is 6.04 Å². The number of nitrogens with zero attached hydrogens (tertiary/aromatic N) is 1. The molecule has 0 spiro atoms. The fraction of sp³-hybridized carbons (Fsp3) is 0.471. The molecule has 0 saturated carbocycles. The van der Waals surface area contributed by atoms with Crippen molar-refractivity contribution in [1.29, 1.82) is 0 Å². The summed E-state index contributed by atoms with van der Waals surface area (Å²) < 4.78 is 0. The molecule has 2 N–H and O–H groups in total. The molecule has 1 aromatic rings. The average Bonchev–Trinajstić information content (AvgIpc) is 3.03. The van der Waals surface area contributed by atoms with Gasteiger partial charge in [0.2, 0.25) is 11.8 Å². The summed E-state index contributed by atoms with van der Waals surface area (Å²) in [5.74, 6) is -1.49. The number of benzene rings is 1. The van der Waals surface area contributed by atoms with E-state index in [1.54, 1.807) is 0 Å². The van der Waals surface area contributed by atoms with Crippen LogP contribution < -0.4 is 5.32 Å². The van der Waals surface area contributed by atoms with Gasteiger partial charge in [0.25, 0.3) is 0 Å². The molecule has 2 amide bonds. The molecule has 1 fully saturated rings. The maximum Gasteiger partial charge on any atom is 0.326 e. The quantitative estimate of drug-likeness (QED) is 0.840. The third kappa shape index (κ3) is 4.55. The van der Waals surface area contributed by atoms with E-state index in [2.05, 4.69) is 12.2 Å². The van der Waals surface area contributed by atoms with Crippen molar-refractivity contribution in [2.45, 2.75) is 45.1 Å². The number of anilines is 1. The van der Waals surface area contributed by atoms with Crippen molar-refractivity contribution in [2.75, 3.05) is 11.9 Å². The zero-order valence-corrected chi connectivity index (χ0v) is 13.2. The van der Waals surface area contributed by atoms with Gasteiger partial charge in [0, 0.05) is 25.1 Å². The Labute approximate surface area is 135 Å². The minimum absolute atomic E-state index is 0.0304. The topological polar surface area (TPSA) is 86.7 Å². The Morgan fingerprint density at radius 3 is 2.52 bits per heavy atom. The summed E-state index contributed by atoms with van der Waals surface area (Å²) in [5, 5.41) is 11.8. The molecule has 1 saturated heterocycles. The van der Waals surface area contributed by atoms with E-state index < -0.39 is 12.0 Å². The molecule has 6 nitrogen and oxygen atoms in total. The highest BCUT2D eigenvalue weighted by Crippen LogP contribution is 2.19. The third-order valence-corrected chi connectivity index (χ3v) is 4.07. The van der Waals surface area contributed by atoms with Crippen LogP contribution in [0, 0.1) is 0 Å². The summed E-state index contributed by atoms with van der Waals surface area (Å²) in [7, 11) is 0. The molecule has 0 aromatic heterocycles. The van der Waals surface area contributed by atoms with Crippen molar-refractivity contribution in [3.05, 3.63) is 29.8 Å². The Bertz CT molecular complexity index is 583. The zero-order chi connectivity index (χ0) is 16.8. The molecule has 1 unspecified atom stereocenters. The minimum atomic E-state index is -0.976. The number of carbonyl (C=O) groups excluding carboxylic acids is 2. The lowest BCUT2D eigenvalue weighted by Gasteiger charge is -2.21. The van der Waals surface area contributed by atoms with Gasteiger partial charge in [-0.05, 0) is 37.0 Å². The summed E-state index contributed by atoms with van der Waals surface area (Å²) in [4.78, 5) is 36.4. The second-order valence-corrected chi connectivity index (χ2v) is 5.68. The normalized spacial score (nSPS) is 17.1. The highest BCUT2D eigenvalue weighted by molar-refractivity contribution is 5.94. The van der Waals surface area contributed by atoms with Crippen molar-refractivity contribution in [3.63, 3.8) is 0 Å². The Morgan fingerprint density at radius 1 is 1.22 bits per heavy atom. The largest absolute Gasteiger partial charge is 0.480 e. The number of aliphatic carboxylic acids is 1. The van der Waals surface area contributed by atoms with Crippen LogP contribution in [0.25, 0.3) is 0 Å². The first-order chi connectivity index (χ1) is 11.0. The average molecular weight is 318 g/mol. The van der Waals surface area contributed by atoms with Crippen molar-refractivity contribution in [1.82, 2.24) is 4.90 Å². The van der Waals surface area contributed by atoms with E-state index in [-0.39, 0.29) is 24.7 Å². The number of rotatable bonds is 6. The Hall–Kier alpha value is -2.37. The SMILES string of the molecule is CCc1ccc(NC(=O)CCC(=O)N2CCCC2C(=O)O)cc1. The molecule has 2 rings (SSSR count). The number of nitrogens with one attached hydrogen (secondary N) is 1. The molecule has 23 heavy (non-hydrogen) atoms. The van der Waals surface area contributed by atoms with Crippen LogP contribution in [0.4, 0.5) is 5.69 Å². The molecule has 0 aliphatic carbocycles. The molecule has 1 atom stereocenters. The first-order valence-corrected chi connectivity index (χ1v) is 7.92. The molecular weight excluding hydrogens is 296 g/mol. The fourth-order valence-corrected chi connectivity index (χ4v) is 2.73. The van der Waals surface area contributed by atoms with Gasteiger partial charge in [-0.3, -0.25) is 9.59 Å². The smallest absolute Gasteiger partial charge is 0.326 e. The summed E-state index contributed by atoms with van der Waals surface area (Å²) in [6.07, 6.45) is 2.19. The number of aryl methyl sites for hydroxylation is 1. The van der Waals surface area contributed by atoms with Gasteiger partial charge in [-0.15, -0.1) is 0 Å². The standard InChI is InChI=1S/C17H22N2O4/c1-2-12-5-7-13(8-6-12)18-15(20)9-10-16(21)19-11-3-4-14(19)17(22)23/h5-8,14H,2-4,9-11H2,1H3,(H,18,20)(H,22,23). The molecule has 0 radical (unpaired) electrons. The van der Waals surface area contributed by atoms with Gasteiger partial charge in [-0.25, -0.2) is 4.79 Å². The van der Waals surface area contributed by atoms with Crippen LogP contribution in [-0.4, -0.2) is 40.4 Å². The van der Waals surface area contributed by atoms with Crippen LogP contribution in [0.15, 0.2) is 24.3 Å². The van der Waals surface area contributed by atoms with Gasteiger partial charge < -0.3 is 15.3 Å². The summed E-state index contributed by atoms with van der Waals surface area (Å²) in [6, 6.07) is 6.82. The number of amides is 2. The van der Waals surface area contributed by atoms with Crippen LogP contribution >= 0.6 is 0 Å². The highest BCUT2D eigenvalue weighted by Gasteiger charge is 2.33. The molecule has 1 aliphatic rings. The van der Waals surface area contributed by atoms with Crippen LogP contribution in [0.5, 0.6) is 0 Å². The van der Waals surface area contributed by atoms with E-state index >= 15 is 0 Å². The Morgan fingerprint density at radius 2 is 1.91 bits per heavy atom. The molecule has 0 bridgehead atoms. The summed E-state index contributed by atoms with van der Waals surface area (Å²) in [6.45, 7) is 2.51. The van der Waals surface area contributed by atoms with E-state index in [9.17, 15) is 14.4 Å². The molecule has 1 heterocycles. The van der Waals surface area contributed by atoms with Gasteiger partial charge in [0.15, 0.2) is 0 Å². The van der Waals surface area contributed by atoms with Gasteiger partial charge >= 0.3 is 5.97 Å². The first-order valence-electron chi connectivity index (χ1n) is 7.92. The van der Waals surface area contributed by atoms with E-state index in [1.807, 2.05) is 24.3 Å². The number of likely N-dealkylation sites (tertiary alicyclic amines) is 1. The number of carboxylic acids is 1. The third-order valence-electron chi connectivity index (χ3n) is 4.07. The highest BCUT2D eigenvalue weighted by atomic mass is 16.4. The van der Waals surface area contributed by atoms with Crippen LogP contribution in [0.1, 0.15) is 38.2 Å². The van der Waals surface area contributed by atoms with Crippen LogP contribution in [0.3, 0.4) is 0 Å². The predicted octanol–water partition coefficient (Wildman–Crippen LogP) is 2.04. The number of carboxylic acid groups (broad SMARTS) is 1. The van der Waals surface area contributed by atoms with E-state index in [0.717, 1.165) is 6.42 Å². The number of hydrogen-bond acceptors (Lipinski definition) is 3. The predicted molar refractivity (Wildman–Crippen MR) is 86.1 cm³/mol. The number of hydrogen-bond donors (Lipinski definition) is 2. The minimum Gasteiger partial charge on any atom is -0.480 e. The second kappa shape index (κ2) is 7.76. The van der Waals surface area contributed by atoms with Gasteiger partial charge in [-0.1, -0.05) is 19.1 Å².